The highest BCUT2D eigenvalue weighted by atomic mass is 35.5. The quantitative estimate of drug-likeness (QED) is 0.662. The van der Waals surface area contributed by atoms with Gasteiger partial charge in [0.15, 0.2) is 11.5 Å². The molecule has 0 radical (unpaired) electrons. The number of anilines is 1. The molecule has 0 aliphatic carbocycles. The molecule has 7 heteroatoms. The van der Waals surface area contributed by atoms with Gasteiger partial charge in [0, 0.05) is 16.9 Å². The van der Waals surface area contributed by atoms with Gasteiger partial charge >= 0.3 is 0 Å². The largest absolute Gasteiger partial charge is 0.503 e. The van der Waals surface area contributed by atoms with Crippen LogP contribution in [0.2, 0.25) is 5.02 Å². The molecule has 0 fully saturated rings. The van der Waals surface area contributed by atoms with Crippen LogP contribution in [0.5, 0.6) is 0 Å². The van der Waals surface area contributed by atoms with Crippen LogP contribution in [0.3, 0.4) is 0 Å². The van der Waals surface area contributed by atoms with Crippen LogP contribution >= 0.6 is 11.6 Å². The van der Waals surface area contributed by atoms with Crippen LogP contribution in [0.25, 0.3) is 0 Å². The summed E-state index contributed by atoms with van der Waals surface area (Å²) in [6.45, 7) is 1.84. The fourth-order valence-corrected chi connectivity index (χ4v) is 3.37. The minimum Gasteiger partial charge on any atom is -0.503 e. The average molecular weight is 395 g/mol. The van der Waals surface area contributed by atoms with Crippen molar-refractivity contribution in [3.05, 3.63) is 94.4 Å². The van der Waals surface area contributed by atoms with Crippen molar-refractivity contribution in [3.63, 3.8) is 0 Å². The zero-order chi connectivity index (χ0) is 19.8. The first-order valence-corrected chi connectivity index (χ1v) is 8.89. The van der Waals surface area contributed by atoms with E-state index in [-0.39, 0.29) is 11.3 Å². The number of ketones is 1. The van der Waals surface area contributed by atoms with Crippen LogP contribution < -0.4 is 4.90 Å². The Morgan fingerprint density at radius 2 is 2.04 bits per heavy atom. The number of nitrogens with zero attached hydrogens (tertiary/aromatic N) is 2. The second kappa shape index (κ2) is 6.98. The van der Waals surface area contributed by atoms with Crippen LogP contribution in [-0.2, 0) is 4.79 Å². The molecule has 3 aromatic rings. The van der Waals surface area contributed by atoms with Gasteiger partial charge in [-0.05, 0) is 48.9 Å². The van der Waals surface area contributed by atoms with Crippen LogP contribution in [-0.4, -0.2) is 21.8 Å². The second-order valence-electron chi connectivity index (χ2n) is 6.33. The average Bonchev–Trinajstić information content (AvgIpc) is 3.32. The highest BCUT2D eigenvalue weighted by Gasteiger charge is 2.46. The number of amides is 1. The summed E-state index contributed by atoms with van der Waals surface area (Å²) < 4.78 is 5.19. The number of aliphatic hydroxyl groups excluding tert-OH is 1. The van der Waals surface area contributed by atoms with E-state index in [1.54, 1.807) is 48.7 Å². The third-order valence-corrected chi connectivity index (χ3v) is 5.01. The number of aliphatic hydroxyl groups is 1. The van der Waals surface area contributed by atoms with E-state index in [1.165, 1.54) is 17.2 Å². The lowest BCUT2D eigenvalue weighted by molar-refractivity contribution is -0.117. The van der Waals surface area contributed by atoms with Gasteiger partial charge in [-0.15, -0.1) is 0 Å². The SMILES string of the molecule is Cc1ccc(N2C(=O)C(O)=C(C(=O)c3ccco3)C2c2ccccn2)cc1Cl. The van der Waals surface area contributed by atoms with Crippen molar-refractivity contribution in [2.75, 3.05) is 4.90 Å². The summed E-state index contributed by atoms with van der Waals surface area (Å²) in [7, 11) is 0. The molecule has 1 N–H and O–H groups in total. The molecule has 1 unspecified atom stereocenters. The van der Waals surface area contributed by atoms with Crippen LogP contribution in [0.1, 0.15) is 27.9 Å². The van der Waals surface area contributed by atoms with E-state index in [1.807, 2.05) is 6.92 Å². The molecule has 1 aromatic carbocycles. The van der Waals surface area contributed by atoms with Gasteiger partial charge in [0.1, 0.15) is 6.04 Å². The predicted molar refractivity (Wildman–Crippen MR) is 103 cm³/mol. The lowest BCUT2D eigenvalue weighted by atomic mass is 9.98. The fraction of sp³-hybridized carbons (Fsp3) is 0.0952. The summed E-state index contributed by atoms with van der Waals surface area (Å²) in [6, 6.07) is 12.4. The first-order chi connectivity index (χ1) is 13.5. The molecule has 6 nitrogen and oxygen atoms in total. The number of benzene rings is 1. The van der Waals surface area contributed by atoms with Gasteiger partial charge in [-0.25, -0.2) is 0 Å². The lowest BCUT2D eigenvalue weighted by Gasteiger charge is -2.26. The van der Waals surface area contributed by atoms with Gasteiger partial charge in [-0.3, -0.25) is 19.5 Å². The minimum absolute atomic E-state index is 0.0269. The summed E-state index contributed by atoms with van der Waals surface area (Å²) in [5.41, 5.74) is 1.64. The Labute approximate surface area is 165 Å². The summed E-state index contributed by atoms with van der Waals surface area (Å²) in [4.78, 5) is 31.6. The Hall–Kier alpha value is -3.38. The van der Waals surface area contributed by atoms with Crippen molar-refractivity contribution in [2.45, 2.75) is 13.0 Å². The molecule has 140 valence electrons. The summed E-state index contributed by atoms with van der Waals surface area (Å²) >= 11 is 6.24. The summed E-state index contributed by atoms with van der Waals surface area (Å²) in [5.74, 6) is -1.88. The molecule has 0 saturated carbocycles. The van der Waals surface area contributed by atoms with Crippen molar-refractivity contribution < 1.29 is 19.1 Å². The van der Waals surface area contributed by atoms with E-state index in [4.69, 9.17) is 16.0 Å². The number of hydrogen-bond acceptors (Lipinski definition) is 5. The number of aryl methyl sites for hydroxylation is 1. The van der Waals surface area contributed by atoms with Crippen LogP contribution in [0.15, 0.2) is 76.7 Å². The standard InChI is InChI=1S/C21H15ClN2O4/c1-12-7-8-13(11-14(12)22)24-18(15-5-2-3-9-23-15)17(20(26)21(24)27)19(25)16-6-4-10-28-16/h2-11,18,26H,1H3. The second-order valence-corrected chi connectivity index (χ2v) is 6.74. The Balaban J connectivity index is 1.89. The maximum absolute atomic E-state index is 13.0. The van der Waals surface area contributed by atoms with Crippen molar-refractivity contribution >= 4 is 29.0 Å². The first kappa shape index (κ1) is 18.0. The molecule has 3 heterocycles. The molecule has 1 amide bonds. The number of aromatic nitrogens is 1. The van der Waals surface area contributed by atoms with E-state index in [0.717, 1.165) is 5.56 Å². The topological polar surface area (TPSA) is 83.6 Å². The maximum Gasteiger partial charge on any atom is 0.294 e. The number of carbonyl (C=O) groups is 2. The van der Waals surface area contributed by atoms with Gasteiger partial charge in [0.05, 0.1) is 17.5 Å². The van der Waals surface area contributed by atoms with Crippen LogP contribution in [0, 0.1) is 6.92 Å². The molecule has 2 aromatic heterocycles. The van der Waals surface area contributed by atoms with Gasteiger partial charge in [0.25, 0.3) is 5.91 Å². The Bertz CT molecular complexity index is 1090. The summed E-state index contributed by atoms with van der Waals surface area (Å²) in [6.07, 6.45) is 2.92. The Morgan fingerprint density at radius 1 is 1.21 bits per heavy atom. The van der Waals surface area contributed by atoms with Gasteiger partial charge < -0.3 is 9.52 Å². The Morgan fingerprint density at radius 3 is 2.68 bits per heavy atom. The lowest BCUT2D eigenvalue weighted by Crippen LogP contribution is -2.31. The number of halogens is 1. The number of hydrogen-bond donors (Lipinski definition) is 1. The predicted octanol–water partition coefficient (Wildman–Crippen LogP) is 4.42. The zero-order valence-electron chi connectivity index (χ0n) is 14.8. The maximum atomic E-state index is 13.0. The van der Waals surface area contributed by atoms with Crippen molar-refractivity contribution in [1.82, 2.24) is 4.98 Å². The molecule has 0 saturated heterocycles. The van der Waals surface area contributed by atoms with Gasteiger partial charge in [0.2, 0.25) is 5.78 Å². The Kier molecular flexibility index (Phi) is 4.49. The molecule has 28 heavy (non-hydrogen) atoms. The van der Waals surface area contributed by atoms with E-state index in [9.17, 15) is 14.7 Å². The first-order valence-electron chi connectivity index (χ1n) is 8.51. The highest BCUT2D eigenvalue weighted by Crippen LogP contribution is 2.42. The number of Topliss-reactive ketones (excluding diaryl/α,β-unsaturated/α-hetero) is 1. The molecule has 1 atom stereocenters. The third-order valence-electron chi connectivity index (χ3n) is 4.60. The molecule has 0 bridgehead atoms. The van der Waals surface area contributed by atoms with Crippen LogP contribution in [0.4, 0.5) is 5.69 Å². The molecule has 1 aliphatic heterocycles. The zero-order valence-corrected chi connectivity index (χ0v) is 15.6. The molecular formula is C21H15ClN2O4. The van der Waals surface area contributed by atoms with E-state index in [0.29, 0.717) is 16.4 Å². The van der Waals surface area contributed by atoms with Crippen molar-refractivity contribution in [1.29, 1.82) is 0 Å². The summed E-state index contributed by atoms with van der Waals surface area (Å²) in [5, 5.41) is 11.0. The highest BCUT2D eigenvalue weighted by molar-refractivity contribution is 6.31. The van der Waals surface area contributed by atoms with E-state index < -0.39 is 23.5 Å². The number of rotatable bonds is 4. The molecular weight excluding hydrogens is 380 g/mol. The molecule has 4 rings (SSSR count). The molecule has 1 aliphatic rings. The monoisotopic (exact) mass is 394 g/mol. The van der Waals surface area contributed by atoms with E-state index in [2.05, 4.69) is 4.98 Å². The fourth-order valence-electron chi connectivity index (χ4n) is 3.19. The number of pyridine rings is 1. The van der Waals surface area contributed by atoms with E-state index >= 15 is 0 Å². The normalized spacial score (nSPS) is 16.7. The van der Waals surface area contributed by atoms with Gasteiger partial charge in [-0.1, -0.05) is 23.7 Å². The number of carbonyl (C=O) groups excluding carboxylic acids is 2. The molecule has 0 spiro atoms. The third kappa shape index (κ3) is 2.88. The smallest absolute Gasteiger partial charge is 0.294 e. The number of furan rings is 1. The van der Waals surface area contributed by atoms with Crippen molar-refractivity contribution in [2.24, 2.45) is 0 Å². The minimum atomic E-state index is -0.912. The van der Waals surface area contributed by atoms with Gasteiger partial charge in [-0.2, -0.15) is 0 Å². The van der Waals surface area contributed by atoms with Crippen molar-refractivity contribution in [3.8, 4) is 0 Å².